The van der Waals surface area contributed by atoms with Crippen LogP contribution < -0.4 is 10.5 Å². The highest BCUT2D eigenvalue weighted by molar-refractivity contribution is 5.76. The van der Waals surface area contributed by atoms with E-state index in [1.54, 1.807) is 19.5 Å². The summed E-state index contributed by atoms with van der Waals surface area (Å²) in [4.78, 5) is 22.2. The number of aliphatic carboxylic acids is 1. The van der Waals surface area contributed by atoms with Crippen molar-refractivity contribution in [3.63, 3.8) is 0 Å². The molecule has 0 spiro atoms. The molecule has 1 aliphatic heterocycles. The second-order valence-electron chi connectivity index (χ2n) is 6.95. The lowest BCUT2D eigenvalue weighted by atomic mass is 9.72. The van der Waals surface area contributed by atoms with Gasteiger partial charge in [-0.2, -0.15) is 0 Å². The molecular formula is C19H24N4O4. The van der Waals surface area contributed by atoms with E-state index in [1.165, 1.54) is 0 Å². The minimum Gasteiger partial charge on any atom is -0.497 e. The number of carboxylic acids is 1. The van der Waals surface area contributed by atoms with E-state index in [0.29, 0.717) is 25.3 Å². The van der Waals surface area contributed by atoms with Crippen molar-refractivity contribution in [1.82, 2.24) is 14.9 Å². The second kappa shape index (κ2) is 7.89. The number of piperidine rings is 1. The molecule has 8 heteroatoms. The average Bonchev–Trinajstić information content (AvgIpc) is 2.66. The third-order valence-electron chi connectivity index (χ3n) is 5.07. The number of aromatic nitrogens is 2. The third-order valence-corrected chi connectivity index (χ3v) is 5.07. The minimum atomic E-state index is -1.29. The molecule has 2 heterocycles. The fourth-order valence-electron chi connectivity index (χ4n) is 3.61. The van der Waals surface area contributed by atoms with E-state index in [1.807, 2.05) is 29.2 Å². The molecule has 4 N–H and O–H groups in total. The van der Waals surface area contributed by atoms with E-state index in [9.17, 15) is 15.0 Å². The molecule has 0 radical (unpaired) electrons. The van der Waals surface area contributed by atoms with Gasteiger partial charge in [0.25, 0.3) is 0 Å². The van der Waals surface area contributed by atoms with Crippen molar-refractivity contribution in [2.24, 2.45) is 5.41 Å². The summed E-state index contributed by atoms with van der Waals surface area (Å²) in [6.45, 7) is 1.32. The zero-order valence-electron chi connectivity index (χ0n) is 15.2. The van der Waals surface area contributed by atoms with Gasteiger partial charge < -0.3 is 20.7 Å². The topological polar surface area (TPSA) is 122 Å². The van der Waals surface area contributed by atoms with Crippen LogP contribution in [0.25, 0.3) is 0 Å². The van der Waals surface area contributed by atoms with Crippen LogP contribution in [0.4, 0.5) is 5.95 Å². The molecule has 1 aromatic heterocycles. The Kier molecular flexibility index (Phi) is 5.57. The number of nitrogens with two attached hydrogens (primary N) is 1. The molecule has 144 valence electrons. The summed E-state index contributed by atoms with van der Waals surface area (Å²) in [6.07, 6.45) is 2.94. The number of carbonyl (C=O) groups is 1. The van der Waals surface area contributed by atoms with Crippen LogP contribution in [0.3, 0.4) is 0 Å². The Bertz CT molecular complexity index is 799. The lowest BCUT2D eigenvalue weighted by Gasteiger charge is -2.43. The molecule has 0 amide bonds. The van der Waals surface area contributed by atoms with Gasteiger partial charge >= 0.3 is 5.97 Å². The van der Waals surface area contributed by atoms with Crippen LogP contribution in [-0.2, 0) is 17.8 Å². The van der Waals surface area contributed by atoms with Crippen molar-refractivity contribution < 1.29 is 19.7 Å². The Balaban J connectivity index is 1.82. The monoisotopic (exact) mass is 372 g/mol. The van der Waals surface area contributed by atoms with Crippen LogP contribution in [-0.4, -0.2) is 57.4 Å². The standard InChI is InChI=1S/C19H24N4O4/c1-27-15-4-2-3-13(7-15)8-19(17(25)26)12-23(6-5-16(19)24)11-14-9-21-18(20)22-10-14/h2-4,7,9-10,16,24H,5-6,8,11-12H2,1H3,(H,25,26)(H2,20,21,22)/t16-,19-/m1/s1. The maximum absolute atomic E-state index is 12.2. The number of methoxy groups -OCH3 is 1. The molecule has 3 rings (SSSR count). The number of hydrogen-bond donors (Lipinski definition) is 3. The van der Waals surface area contributed by atoms with E-state index in [0.717, 1.165) is 11.1 Å². The SMILES string of the molecule is COc1cccc(C[C@@]2(C(=O)O)CN(Cc3cnc(N)nc3)CC[C@H]2O)c1. The van der Waals surface area contributed by atoms with E-state index in [2.05, 4.69) is 9.97 Å². The third kappa shape index (κ3) is 4.17. The Hall–Kier alpha value is -2.71. The predicted octanol–water partition coefficient (Wildman–Crippen LogP) is 0.948. The van der Waals surface area contributed by atoms with Gasteiger partial charge in [0.1, 0.15) is 11.2 Å². The lowest BCUT2D eigenvalue weighted by Crippen LogP contribution is -2.56. The summed E-state index contributed by atoms with van der Waals surface area (Å²) in [6, 6.07) is 7.29. The van der Waals surface area contributed by atoms with E-state index in [4.69, 9.17) is 10.5 Å². The number of hydrogen-bond acceptors (Lipinski definition) is 7. The minimum absolute atomic E-state index is 0.200. The number of likely N-dealkylation sites (tertiary alicyclic amines) is 1. The first-order valence-corrected chi connectivity index (χ1v) is 8.76. The molecule has 1 aromatic carbocycles. The number of nitrogen functional groups attached to an aromatic ring is 1. The van der Waals surface area contributed by atoms with E-state index < -0.39 is 17.5 Å². The molecule has 0 saturated carbocycles. The van der Waals surface area contributed by atoms with E-state index in [-0.39, 0.29) is 18.9 Å². The van der Waals surface area contributed by atoms with Crippen LogP contribution in [0.5, 0.6) is 5.75 Å². The summed E-state index contributed by atoms with van der Waals surface area (Å²) in [7, 11) is 1.57. The molecule has 0 bridgehead atoms. The van der Waals surface area contributed by atoms with Gasteiger partial charge in [-0.05, 0) is 30.5 Å². The summed E-state index contributed by atoms with van der Waals surface area (Å²) in [5.74, 6) is -0.143. The molecule has 8 nitrogen and oxygen atoms in total. The van der Waals surface area contributed by atoms with Crippen LogP contribution in [0.15, 0.2) is 36.7 Å². The van der Waals surface area contributed by atoms with Gasteiger partial charge in [-0.1, -0.05) is 12.1 Å². The van der Waals surface area contributed by atoms with Crippen molar-refractivity contribution in [3.05, 3.63) is 47.8 Å². The number of carboxylic acid groups (broad SMARTS) is 1. The number of anilines is 1. The van der Waals surface area contributed by atoms with Gasteiger partial charge in [0.05, 0.1) is 13.2 Å². The first-order chi connectivity index (χ1) is 12.9. The second-order valence-corrected chi connectivity index (χ2v) is 6.95. The predicted molar refractivity (Wildman–Crippen MR) is 99.1 cm³/mol. The quantitative estimate of drug-likeness (QED) is 0.685. The maximum atomic E-state index is 12.2. The molecule has 1 aliphatic rings. The normalized spacial score (nSPS) is 23.1. The Morgan fingerprint density at radius 2 is 2.11 bits per heavy atom. The highest BCUT2D eigenvalue weighted by atomic mass is 16.5. The van der Waals surface area contributed by atoms with Crippen LogP contribution >= 0.6 is 0 Å². The van der Waals surface area contributed by atoms with Crippen LogP contribution in [0.2, 0.25) is 0 Å². The molecule has 0 unspecified atom stereocenters. The molecule has 1 saturated heterocycles. The summed E-state index contributed by atoms with van der Waals surface area (Å²) >= 11 is 0. The largest absolute Gasteiger partial charge is 0.497 e. The molecular weight excluding hydrogens is 348 g/mol. The van der Waals surface area contributed by atoms with Crippen molar-refractivity contribution in [2.75, 3.05) is 25.9 Å². The lowest BCUT2D eigenvalue weighted by molar-refractivity contribution is -0.163. The summed E-state index contributed by atoms with van der Waals surface area (Å²) < 4.78 is 5.23. The Labute approximate surface area is 157 Å². The Morgan fingerprint density at radius 3 is 2.78 bits per heavy atom. The van der Waals surface area contributed by atoms with E-state index >= 15 is 0 Å². The fourth-order valence-corrected chi connectivity index (χ4v) is 3.61. The van der Waals surface area contributed by atoms with Crippen LogP contribution in [0, 0.1) is 5.41 Å². The first-order valence-electron chi connectivity index (χ1n) is 8.76. The molecule has 1 fully saturated rings. The van der Waals surface area contributed by atoms with Gasteiger partial charge in [0.15, 0.2) is 0 Å². The Morgan fingerprint density at radius 1 is 1.37 bits per heavy atom. The molecule has 27 heavy (non-hydrogen) atoms. The van der Waals surface area contributed by atoms with Gasteiger partial charge in [-0.15, -0.1) is 0 Å². The molecule has 0 aliphatic carbocycles. The highest BCUT2D eigenvalue weighted by Crippen LogP contribution is 2.36. The average molecular weight is 372 g/mol. The number of rotatable bonds is 6. The number of nitrogens with zero attached hydrogens (tertiary/aromatic N) is 3. The number of aliphatic hydroxyl groups excluding tert-OH is 1. The van der Waals surface area contributed by atoms with Crippen molar-refractivity contribution in [2.45, 2.75) is 25.5 Å². The van der Waals surface area contributed by atoms with Gasteiger partial charge in [0, 0.05) is 37.6 Å². The van der Waals surface area contributed by atoms with Crippen molar-refractivity contribution in [1.29, 1.82) is 0 Å². The summed E-state index contributed by atoms with van der Waals surface area (Å²) in [5, 5.41) is 20.6. The van der Waals surface area contributed by atoms with Gasteiger partial charge in [-0.3, -0.25) is 9.69 Å². The number of benzene rings is 1. The smallest absolute Gasteiger partial charge is 0.313 e. The molecule has 2 aromatic rings. The first kappa shape index (κ1) is 19.1. The van der Waals surface area contributed by atoms with Crippen molar-refractivity contribution in [3.8, 4) is 5.75 Å². The maximum Gasteiger partial charge on any atom is 0.313 e. The zero-order valence-corrected chi connectivity index (χ0v) is 15.2. The zero-order chi connectivity index (χ0) is 19.4. The van der Waals surface area contributed by atoms with Crippen LogP contribution in [0.1, 0.15) is 17.5 Å². The van der Waals surface area contributed by atoms with Crippen molar-refractivity contribution >= 4 is 11.9 Å². The fraction of sp³-hybridized carbons (Fsp3) is 0.421. The van der Waals surface area contributed by atoms with Gasteiger partial charge in [0.2, 0.25) is 5.95 Å². The number of ether oxygens (including phenoxy) is 1. The summed E-state index contributed by atoms with van der Waals surface area (Å²) in [5.41, 5.74) is 5.88. The van der Waals surface area contributed by atoms with Gasteiger partial charge in [-0.25, -0.2) is 9.97 Å². The highest BCUT2D eigenvalue weighted by Gasteiger charge is 2.49. The number of aliphatic hydroxyl groups is 1. The molecule has 2 atom stereocenters.